The molecule has 0 saturated heterocycles. The number of alkyl halides is 3. The molecule has 4 rings (SSSR count). The fraction of sp³-hybridized carbons (Fsp3) is 0.577. The standard InChI is InChI=1S/C17H25F3N2S.C9H10N2S/c18-17(19,20)9-6-16-21-14-12-22(11-8-15(14)23-16)10-7-13-4-2-1-3-5-13;1-7(10-3)4-5-9-6-11-8(2)12-9/h13H,1-12H2;4-6H,1,3H2,2H3/b;5-4+. The van der Waals surface area contributed by atoms with Crippen LogP contribution in [0, 0.1) is 12.8 Å². The predicted molar refractivity (Wildman–Crippen MR) is 141 cm³/mol. The van der Waals surface area contributed by atoms with Crippen LogP contribution in [0.15, 0.2) is 29.5 Å². The van der Waals surface area contributed by atoms with E-state index in [4.69, 9.17) is 0 Å². The Bertz CT molecular complexity index is 987. The Morgan fingerprint density at radius 2 is 2.03 bits per heavy atom. The van der Waals surface area contributed by atoms with Gasteiger partial charge in [-0.2, -0.15) is 13.2 Å². The van der Waals surface area contributed by atoms with Gasteiger partial charge < -0.3 is 0 Å². The van der Waals surface area contributed by atoms with Crippen molar-refractivity contribution in [3.05, 3.63) is 50.0 Å². The Morgan fingerprint density at radius 1 is 1.26 bits per heavy atom. The number of rotatable bonds is 8. The zero-order valence-corrected chi connectivity index (χ0v) is 22.1. The number of fused-ring (bicyclic) bond motifs is 1. The van der Waals surface area contributed by atoms with E-state index >= 15 is 0 Å². The minimum atomic E-state index is -4.09. The number of allylic oxidation sites excluding steroid dienone is 1. The smallest absolute Gasteiger partial charge is 0.297 e. The van der Waals surface area contributed by atoms with E-state index in [2.05, 4.69) is 33.2 Å². The summed E-state index contributed by atoms with van der Waals surface area (Å²) in [5.74, 6) is 0.878. The van der Waals surface area contributed by atoms with Crippen LogP contribution in [0.3, 0.4) is 0 Å². The Morgan fingerprint density at radius 3 is 2.69 bits per heavy atom. The molecule has 2 aromatic heterocycles. The zero-order valence-electron chi connectivity index (χ0n) is 20.4. The summed E-state index contributed by atoms with van der Waals surface area (Å²) in [6, 6.07) is 0. The molecule has 1 aliphatic heterocycles. The van der Waals surface area contributed by atoms with Gasteiger partial charge in [-0.05, 0) is 51.1 Å². The summed E-state index contributed by atoms with van der Waals surface area (Å²) in [6.07, 6.45) is 9.87. The van der Waals surface area contributed by atoms with Gasteiger partial charge in [-0.3, -0.25) is 9.89 Å². The van der Waals surface area contributed by atoms with E-state index in [9.17, 15) is 13.2 Å². The van der Waals surface area contributed by atoms with Crippen LogP contribution in [-0.4, -0.2) is 40.9 Å². The molecular formula is C26H35F3N4S2. The van der Waals surface area contributed by atoms with Crippen LogP contribution in [0.2, 0.25) is 0 Å². The molecule has 192 valence electrons. The lowest BCUT2D eigenvalue weighted by Crippen LogP contribution is -2.32. The molecule has 35 heavy (non-hydrogen) atoms. The van der Waals surface area contributed by atoms with Crippen molar-refractivity contribution in [1.29, 1.82) is 0 Å². The molecule has 2 aromatic rings. The molecule has 0 bridgehead atoms. The van der Waals surface area contributed by atoms with E-state index in [1.807, 2.05) is 25.3 Å². The first-order chi connectivity index (χ1) is 16.7. The minimum absolute atomic E-state index is 0.0310. The predicted octanol–water partition coefficient (Wildman–Crippen LogP) is 7.65. The Kier molecular flexibility index (Phi) is 10.7. The number of hydrogen-bond acceptors (Lipinski definition) is 6. The van der Waals surface area contributed by atoms with E-state index < -0.39 is 12.6 Å². The van der Waals surface area contributed by atoms with Gasteiger partial charge in [-0.1, -0.05) is 38.7 Å². The van der Waals surface area contributed by atoms with Gasteiger partial charge in [0.05, 0.1) is 21.4 Å². The summed E-state index contributed by atoms with van der Waals surface area (Å²) < 4.78 is 37.0. The lowest BCUT2D eigenvalue weighted by molar-refractivity contribution is -0.134. The van der Waals surface area contributed by atoms with E-state index in [0.29, 0.717) is 10.7 Å². The monoisotopic (exact) mass is 524 g/mol. The highest BCUT2D eigenvalue weighted by atomic mass is 32.1. The first-order valence-electron chi connectivity index (χ1n) is 12.2. The Hall–Kier alpha value is -1.84. The lowest BCUT2D eigenvalue weighted by atomic mass is 9.87. The van der Waals surface area contributed by atoms with Gasteiger partial charge >= 0.3 is 6.18 Å². The fourth-order valence-corrected chi connectivity index (χ4v) is 6.13. The molecular weight excluding hydrogens is 489 g/mol. The zero-order chi connectivity index (χ0) is 25.3. The third-order valence-electron chi connectivity index (χ3n) is 6.33. The molecule has 4 nitrogen and oxygen atoms in total. The molecule has 1 saturated carbocycles. The molecule has 0 aromatic carbocycles. The number of halogens is 3. The van der Waals surface area contributed by atoms with Gasteiger partial charge in [0.1, 0.15) is 0 Å². The van der Waals surface area contributed by atoms with E-state index in [-0.39, 0.29) is 6.42 Å². The quantitative estimate of drug-likeness (QED) is 0.263. The van der Waals surface area contributed by atoms with Crippen LogP contribution in [0.4, 0.5) is 13.2 Å². The highest BCUT2D eigenvalue weighted by molar-refractivity contribution is 7.12. The van der Waals surface area contributed by atoms with E-state index in [0.717, 1.165) is 47.6 Å². The fourth-order valence-electron chi connectivity index (χ4n) is 4.38. The molecule has 0 atom stereocenters. The van der Waals surface area contributed by atoms with E-state index in [1.54, 1.807) is 11.3 Å². The second kappa shape index (κ2) is 13.5. The summed E-state index contributed by atoms with van der Waals surface area (Å²) >= 11 is 3.13. The molecule has 0 radical (unpaired) electrons. The molecule has 2 aliphatic rings. The van der Waals surface area contributed by atoms with E-state index in [1.165, 1.54) is 54.7 Å². The van der Waals surface area contributed by atoms with Crippen molar-refractivity contribution in [2.75, 3.05) is 13.1 Å². The maximum absolute atomic E-state index is 12.3. The summed E-state index contributed by atoms with van der Waals surface area (Å²) in [5, 5.41) is 1.72. The molecule has 0 amide bonds. The number of nitrogens with zero attached hydrogens (tertiary/aromatic N) is 4. The average molecular weight is 525 g/mol. The molecule has 0 spiro atoms. The van der Waals surface area contributed by atoms with Crippen LogP contribution in [0.1, 0.15) is 70.4 Å². The van der Waals surface area contributed by atoms with Crippen LogP contribution in [0.25, 0.3) is 6.08 Å². The van der Waals surface area contributed by atoms with Gasteiger partial charge in [-0.15, -0.1) is 22.7 Å². The second-order valence-corrected chi connectivity index (χ2v) is 11.6. The molecule has 1 aliphatic carbocycles. The molecule has 9 heteroatoms. The lowest BCUT2D eigenvalue weighted by Gasteiger charge is -2.29. The second-order valence-electron chi connectivity index (χ2n) is 9.18. The minimum Gasteiger partial charge on any atom is -0.297 e. The SMILES string of the molecule is C=NC(=C)/C=C/c1cnc(C)s1.FC(F)(F)CCc1nc2c(s1)CCN(CCC1CCCCC1)C2. The summed E-state index contributed by atoms with van der Waals surface area (Å²) in [4.78, 5) is 17.0. The molecule has 0 N–H and O–H groups in total. The Balaban J connectivity index is 0.000000241. The number of aryl methyl sites for hydroxylation is 2. The summed E-state index contributed by atoms with van der Waals surface area (Å²) in [5.41, 5.74) is 1.70. The largest absolute Gasteiger partial charge is 0.389 e. The highest BCUT2D eigenvalue weighted by Crippen LogP contribution is 2.30. The normalized spacial score (nSPS) is 17.1. The van der Waals surface area contributed by atoms with Crippen molar-refractivity contribution in [2.45, 2.75) is 77.4 Å². The summed E-state index contributed by atoms with van der Waals surface area (Å²) in [6.45, 7) is 12.0. The number of aromatic nitrogens is 2. The Labute approximate surface area is 214 Å². The van der Waals surface area contributed by atoms with Crippen molar-refractivity contribution in [3.63, 3.8) is 0 Å². The molecule has 0 unspecified atom stereocenters. The number of hydrogen-bond donors (Lipinski definition) is 0. The summed E-state index contributed by atoms with van der Waals surface area (Å²) in [7, 11) is 0. The van der Waals surface area contributed by atoms with Gasteiger partial charge in [0.2, 0.25) is 0 Å². The van der Waals surface area contributed by atoms with Gasteiger partial charge in [-0.25, -0.2) is 9.97 Å². The third-order valence-corrected chi connectivity index (χ3v) is 8.43. The van der Waals surface area contributed by atoms with Crippen molar-refractivity contribution >= 4 is 35.5 Å². The number of aliphatic imine (C=N–C) groups is 1. The average Bonchev–Trinajstić information content (AvgIpc) is 3.45. The van der Waals surface area contributed by atoms with Gasteiger partial charge in [0.25, 0.3) is 0 Å². The third kappa shape index (κ3) is 9.97. The van der Waals surface area contributed by atoms with Crippen LogP contribution in [-0.2, 0) is 19.4 Å². The maximum atomic E-state index is 12.3. The van der Waals surface area contributed by atoms with Gasteiger partial charge in [0.15, 0.2) is 0 Å². The van der Waals surface area contributed by atoms with Crippen LogP contribution in [0.5, 0.6) is 0 Å². The molecule has 1 fully saturated rings. The van der Waals surface area contributed by atoms with Crippen LogP contribution >= 0.6 is 22.7 Å². The van der Waals surface area contributed by atoms with Crippen LogP contribution < -0.4 is 0 Å². The van der Waals surface area contributed by atoms with Crippen molar-refractivity contribution in [2.24, 2.45) is 10.9 Å². The molecule has 3 heterocycles. The van der Waals surface area contributed by atoms with Gasteiger partial charge in [0, 0.05) is 41.9 Å². The number of thiazole rings is 2. The maximum Gasteiger partial charge on any atom is 0.389 e. The first kappa shape index (κ1) is 27.7. The van der Waals surface area contributed by atoms with Crippen molar-refractivity contribution in [1.82, 2.24) is 14.9 Å². The highest BCUT2D eigenvalue weighted by Gasteiger charge is 2.28. The van der Waals surface area contributed by atoms with Crippen molar-refractivity contribution in [3.8, 4) is 0 Å². The topological polar surface area (TPSA) is 41.4 Å². The van der Waals surface area contributed by atoms with Crippen molar-refractivity contribution < 1.29 is 13.2 Å². The first-order valence-corrected chi connectivity index (χ1v) is 13.9.